The van der Waals surface area contributed by atoms with E-state index in [1.807, 2.05) is 54.5 Å². The Morgan fingerprint density at radius 3 is 2.62 bits per heavy atom. The van der Waals surface area contributed by atoms with Crippen molar-refractivity contribution >= 4 is 40.4 Å². The van der Waals surface area contributed by atoms with Gasteiger partial charge in [-0.25, -0.2) is 0 Å². The highest BCUT2D eigenvalue weighted by atomic mass is 35.5. The second-order valence-corrected chi connectivity index (χ2v) is 9.86. The van der Waals surface area contributed by atoms with E-state index in [2.05, 4.69) is 0 Å². The van der Waals surface area contributed by atoms with Crippen LogP contribution in [-0.2, 0) is 11.2 Å². The Bertz CT molecular complexity index is 1220. The molecular formula is C25H24ClN3O4S. The van der Waals surface area contributed by atoms with Gasteiger partial charge >= 0.3 is 0 Å². The number of non-ortho nitro benzene ring substituents is 1. The van der Waals surface area contributed by atoms with Crippen molar-refractivity contribution in [3.05, 3.63) is 96.7 Å². The highest BCUT2D eigenvalue weighted by molar-refractivity contribution is 7.10. The van der Waals surface area contributed by atoms with Gasteiger partial charge in [-0.15, -0.1) is 11.3 Å². The maximum absolute atomic E-state index is 13.6. The summed E-state index contributed by atoms with van der Waals surface area (Å²) < 4.78 is 0. The first-order valence-corrected chi connectivity index (χ1v) is 12.2. The molecule has 1 aliphatic rings. The van der Waals surface area contributed by atoms with Crippen LogP contribution in [0.5, 0.6) is 0 Å². The quantitative estimate of drug-likeness (QED) is 0.340. The van der Waals surface area contributed by atoms with Gasteiger partial charge in [-0.1, -0.05) is 29.8 Å². The minimum atomic E-state index is -0.537. The van der Waals surface area contributed by atoms with Gasteiger partial charge in [0.25, 0.3) is 11.6 Å². The van der Waals surface area contributed by atoms with Crippen molar-refractivity contribution in [3.63, 3.8) is 0 Å². The van der Waals surface area contributed by atoms with E-state index in [1.165, 1.54) is 34.0 Å². The molecule has 1 aromatic heterocycles. The number of amides is 2. The number of nitrogens with zero attached hydrogens (tertiary/aromatic N) is 3. The maximum Gasteiger partial charge on any atom is 0.270 e. The molecule has 0 fully saturated rings. The summed E-state index contributed by atoms with van der Waals surface area (Å²) in [4.78, 5) is 42.0. The molecule has 0 spiro atoms. The van der Waals surface area contributed by atoms with Gasteiger partial charge in [0.2, 0.25) is 5.91 Å². The first kappa shape index (κ1) is 23.9. The molecule has 0 bridgehead atoms. The largest absolute Gasteiger partial charge is 0.330 e. The summed E-state index contributed by atoms with van der Waals surface area (Å²) in [6, 6.07) is 14.6. The van der Waals surface area contributed by atoms with Gasteiger partial charge in [-0.3, -0.25) is 19.7 Å². The second kappa shape index (κ2) is 9.95. The predicted molar refractivity (Wildman–Crippen MR) is 132 cm³/mol. The fraction of sp³-hybridized carbons (Fsp3) is 0.280. The van der Waals surface area contributed by atoms with Gasteiger partial charge in [0.1, 0.15) is 6.54 Å². The van der Waals surface area contributed by atoms with Gasteiger partial charge in [0.05, 0.1) is 11.0 Å². The molecule has 7 nitrogen and oxygen atoms in total. The molecule has 0 saturated heterocycles. The van der Waals surface area contributed by atoms with E-state index >= 15 is 0 Å². The van der Waals surface area contributed by atoms with Crippen molar-refractivity contribution < 1.29 is 14.5 Å². The molecule has 2 amide bonds. The first-order chi connectivity index (χ1) is 16.3. The molecular weight excluding hydrogens is 474 g/mol. The number of nitro benzene ring substituents is 1. The third kappa shape index (κ3) is 4.83. The van der Waals surface area contributed by atoms with Crippen molar-refractivity contribution in [1.82, 2.24) is 9.80 Å². The van der Waals surface area contributed by atoms with Crippen LogP contribution in [-0.4, -0.2) is 45.7 Å². The number of carbonyl (C=O) groups is 2. The molecule has 3 aromatic rings. The fourth-order valence-corrected chi connectivity index (χ4v) is 5.26. The van der Waals surface area contributed by atoms with Crippen molar-refractivity contribution in [3.8, 4) is 0 Å². The Kier molecular flexibility index (Phi) is 7.00. The van der Waals surface area contributed by atoms with Crippen LogP contribution in [0.2, 0.25) is 5.02 Å². The lowest BCUT2D eigenvalue weighted by atomic mass is 9.93. The zero-order chi connectivity index (χ0) is 24.4. The molecule has 176 valence electrons. The molecule has 1 aliphatic heterocycles. The highest BCUT2D eigenvalue weighted by Crippen LogP contribution is 2.38. The van der Waals surface area contributed by atoms with E-state index in [0.717, 1.165) is 17.5 Å². The Balaban J connectivity index is 1.62. The van der Waals surface area contributed by atoms with Crippen LogP contribution in [0, 0.1) is 10.1 Å². The average molecular weight is 498 g/mol. The molecule has 4 rings (SSSR count). The molecule has 0 radical (unpaired) electrons. The Hall–Kier alpha value is -3.23. The zero-order valence-corrected chi connectivity index (χ0v) is 20.4. The van der Waals surface area contributed by atoms with Gasteiger partial charge in [0, 0.05) is 40.2 Å². The van der Waals surface area contributed by atoms with Crippen LogP contribution in [0.4, 0.5) is 5.69 Å². The lowest BCUT2D eigenvalue weighted by Gasteiger charge is -2.38. The highest BCUT2D eigenvalue weighted by Gasteiger charge is 2.34. The normalized spacial score (nSPS) is 15.2. The van der Waals surface area contributed by atoms with E-state index in [0.29, 0.717) is 11.6 Å². The van der Waals surface area contributed by atoms with Crippen molar-refractivity contribution in [1.29, 1.82) is 0 Å². The number of halogens is 1. The van der Waals surface area contributed by atoms with E-state index in [4.69, 9.17) is 11.6 Å². The topological polar surface area (TPSA) is 83.8 Å². The number of fused-ring (bicyclic) bond motifs is 1. The van der Waals surface area contributed by atoms with Crippen molar-refractivity contribution in [2.45, 2.75) is 32.4 Å². The number of rotatable bonds is 6. The van der Waals surface area contributed by atoms with Gasteiger partial charge < -0.3 is 9.80 Å². The second-order valence-electron chi connectivity index (χ2n) is 8.42. The summed E-state index contributed by atoms with van der Waals surface area (Å²) in [5.74, 6) is -0.590. The summed E-state index contributed by atoms with van der Waals surface area (Å²) in [6.07, 6.45) is 0.753. The third-order valence-corrected chi connectivity index (χ3v) is 7.21. The molecule has 9 heteroatoms. The monoisotopic (exact) mass is 497 g/mol. The molecule has 0 aliphatic carbocycles. The minimum absolute atomic E-state index is 0.122. The number of thiophene rings is 1. The van der Waals surface area contributed by atoms with Crippen LogP contribution in [0.25, 0.3) is 0 Å². The number of carbonyl (C=O) groups excluding carboxylic acids is 2. The van der Waals surface area contributed by atoms with Crippen molar-refractivity contribution in [2.24, 2.45) is 0 Å². The molecule has 1 atom stereocenters. The van der Waals surface area contributed by atoms with Crippen LogP contribution in [0.15, 0.2) is 60.0 Å². The van der Waals surface area contributed by atoms with Crippen LogP contribution in [0.3, 0.4) is 0 Å². The number of hydrogen-bond donors (Lipinski definition) is 0. The Morgan fingerprint density at radius 2 is 1.94 bits per heavy atom. The molecule has 2 aromatic carbocycles. The summed E-state index contributed by atoms with van der Waals surface area (Å²) in [6.45, 7) is 4.07. The predicted octanol–water partition coefficient (Wildman–Crippen LogP) is 5.33. The van der Waals surface area contributed by atoms with E-state index < -0.39 is 10.8 Å². The summed E-state index contributed by atoms with van der Waals surface area (Å²) >= 11 is 7.77. The maximum atomic E-state index is 13.6. The summed E-state index contributed by atoms with van der Waals surface area (Å²) in [5.41, 5.74) is 2.07. The van der Waals surface area contributed by atoms with Crippen molar-refractivity contribution in [2.75, 3.05) is 13.1 Å². The third-order valence-electron chi connectivity index (χ3n) is 5.97. The number of benzene rings is 2. The van der Waals surface area contributed by atoms with Crippen LogP contribution >= 0.6 is 22.9 Å². The van der Waals surface area contributed by atoms with E-state index in [-0.39, 0.29) is 35.8 Å². The van der Waals surface area contributed by atoms with Gasteiger partial charge in [-0.05, 0) is 61.0 Å². The van der Waals surface area contributed by atoms with Crippen LogP contribution < -0.4 is 0 Å². The van der Waals surface area contributed by atoms with E-state index in [9.17, 15) is 19.7 Å². The molecule has 2 heterocycles. The Labute approximate surface area is 206 Å². The standard InChI is InChI=1S/C25H24ClN3O4S/c1-16(2)28(25(31)18-4-3-5-20(14-18)29(32)33)15-23(30)27-12-10-22-21(11-13-34-22)24(27)17-6-8-19(26)9-7-17/h3-9,11,13-14,16,24H,10,12,15H2,1-2H3. The smallest absolute Gasteiger partial charge is 0.270 e. The fourth-order valence-electron chi connectivity index (χ4n) is 4.23. The van der Waals surface area contributed by atoms with Crippen LogP contribution in [0.1, 0.15) is 46.3 Å². The lowest BCUT2D eigenvalue weighted by Crippen LogP contribution is -2.48. The average Bonchev–Trinajstić information content (AvgIpc) is 3.31. The van der Waals surface area contributed by atoms with Gasteiger partial charge in [0.15, 0.2) is 0 Å². The molecule has 34 heavy (non-hydrogen) atoms. The molecule has 0 saturated carbocycles. The zero-order valence-electron chi connectivity index (χ0n) is 18.8. The van der Waals surface area contributed by atoms with E-state index in [1.54, 1.807) is 11.3 Å². The van der Waals surface area contributed by atoms with Gasteiger partial charge in [-0.2, -0.15) is 0 Å². The molecule has 1 unspecified atom stereocenters. The summed E-state index contributed by atoms with van der Waals surface area (Å²) in [5, 5.41) is 13.8. The molecule has 0 N–H and O–H groups in total. The summed E-state index contributed by atoms with van der Waals surface area (Å²) in [7, 11) is 0. The SMILES string of the molecule is CC(C)N(CC(=O)N1CCc2sccc2C1c1ccc(Cl)cc1)C(=O)c1cccc([N+](=O)[O-])c1. The number of hydrogen-bond acceptors (Lipinski definition) is 5. The first-order valence-electron chi connectivity index (χ1n) is 10.9. The number of nitro groups is 1. The Morgan fingerprint density at radius 1 is 1.21 bits per heavy atom. The minimum Gasteiger partial charge on any atom is -0.330 e. The lowest BCUT2D eigenvalue weighted by molar-refractivity contribution is -0.384.